The van der Waals surface area contributed by atoms with Gasteiger partial charge in [-0.2, -0.15) is 0 Å². The first kappa shape index (κ1) is 64.0. The molecule has 2 N–H and O–H groups in total. The van der Waals surface area contributed by atoms with Crippen LogP contribution in [0.5, 0.6) is 0 Å². The monoisotopic (exact) mass is 1330 g/mol. The number of rotatable bonds is 14. The van der Waals surface area contributed by atoms with Crippen LogP contribution in [-0.4, -0.2) is 64.4 Å². The summed E-state index contributed by atoms with van der Waals surface area (Å²) in [6.07, 6.45) is 5.05. The number of pyridine rings is 2. The molecular formula is C66H62BBrCl4N6O6S2. The van der Waals surface area contributed by atoms with Crippen LogP contribution in [0, 0.1) is 11.8 Å². The number of hydrogen-bond acceptors (Lipinski definition) is 14. The fraction of sp³-hybridized carbons (Fsp3) is 0.242. The highest BCUT2D eigenvalue weighted by Gasteiger charge is 2.51. The average molecular weight is 1330 g/mol. The summed E-state index contributed by atoms with van der Waals surface area (Å²) in [5.74, 6) is 0.671. The standard InChI is InChI=1S/C30H25Cl2N3O2S.C20H18BrCl2N3O2S.C16H19BO2/c1-17(2)12-26-27(21-10-11-24(31)25(32)15-21)34-30(38-26)35-28-23(29(36)37-3)14-22(16-33-28)20-9-8-18-6-4-5-7-19(18)13-20;1-10(2)6-16-17(11-4-5-14(22)15(23)7-11)25-20(29-16)26-18-13(19(27)28-3)8-12(21)9-24-18;1-15(2)16(3,4)19-17(18-15)14-10-9-12-7-5-6-8-13(12)11-14/h4-11,13-17H,12H2,1-3H3,(H,33,34,35);4-5,7-10H,6H2,1-3H3,(H,24,25,26);5-11H,1-4H3. The summed E-state index contributed by atoms with van der Waals surface area (Å²) in [5, 5.41) is 14.3. The predicted molar refractivity (Wildman–Crippen MR) is 360 cm³/mol. The Labute approximate surface area is 538 Å². The minimum absolute atomic E-state index is 0.283. The fourth-order valence-electron chi connectivity index (χ4n) is 9.26. The number of anilines is 4. The van der Waals surface area contributed by atoms with Crippen LogP contribution in [-0.2, 0) is 31.6 Å². The van der Waals surface area contributed by atoms with Gasteiger partial charge in [-0.05, 0) is 143 Å². The summed E-state index contributed by atoms with van der Waals surface area (Å²) in [5.41, 5.74) is 6.36. The number of thiazole rings is 2. The molecule has 5 heterocycles. The minimum atomic E-state index is -0.482. The van der Waals surface area contributed by atoms with Crippen LogP contribution in [0.25, 0.3) is 55.2 Å². The van der Waals surface area contributed by atoms with Gasteiger partial charge in [0, 0.05) is 43.3 Å². The summed E-state index contributed by atoms with van der Waals surface area (Å²) in [6, 6.07) is 43.4. The minimum Gasteiger partial charge on any atom is -0.465 e. The second-order valence-corrected chi connectivity index (χ2v) is 26.9. The predicted octanol–water partition coefficient (Wildman–Crippen LogP) is 19.2. The lowest BCUT2D eigenvalue weighted by Gasteiger charge is -2.32. The zero-order valence-corrected chi connectivity index (χ0v) is 55.2. The van der Waals surface area contributed by atoms with Crippen LogP contribution in [0.4, 0.5) is 21.9 Å². The second-order valence-electron chi connectivity index (χ2n) is 22.2. The quantitative estimate of drug-likeness (QED) is 0.0789. The zero-order chi connectivity index (χ0) is 61.6. The molecule has 0 amide bonds. The Morgan fingerprint density at radius 2 is 0.988 bits per heavy atom. The molecule has 0 spiro atoms. The molecule has 0 atom stereocenters. The summed E-state index contributed by atoms with van der Waals surface area (Å²) in [4.78, 5) is 45.6. The van der Waals surface area contributed by atoms with Gasteiger partial charge in [-0.1, -0.05) is 165 Å². The van der Waals surface area contributed by atoms with Crippen molar-refractivity contribution in [3.05, 3.63) is 191 Å². The number of nitrogens with zero attached hydrogens (tertiary/aromatic N) is 4. The van der Waals surface area contributed by atoms with E-state index in [0.29, 0.717) is 69.4 Å². The fourth-order valence-corrected chi connectivity index (χ4v) is 12.6. The van der Waals surface area contributed by atoms with Crippen molar-refractivity contribution in [2.75, 3.05) is 24.9 Å². The van der Waals surface area contributed by atoms with Gasteiger partial charge in [-0.15, -0.1) is 22.7 Å². The number of halogens is 5. The number of fused-ring (bicyclic) bond motifs is 2. The molecule has 11 rings (SSSR count). The Balaban J connectivity index is 0.000000163. The van der Waals surface area contributed by atoms with Gasteiger partial charge in [0.05, 0.1) is 56.9 Å². The van der Waals surface area contributed by atoms with Crippen molar-refractivity contribution in [1.82, 2.24) is 19.9 Å². The lowest BCUT2D eigenvalue weighted by molar-refractivity contribution is 0.00578. The molecule has 12 nitrogen and oxygen atoms in total. The maximum atomic E-state index is 12.8. The maximum Gasteiger partial charge on any atom is 0.494 e. The highest BCUT2D eigenvalue weighted by Crippen LogP contribution is 2.41. The largest absolute Gasteiger partial charge is 0.494 e. The average Bonchev–Trinajstić information content (AvgIpc) is 2.36. The first-order valence-electron chi connectivity index (χ1n) is 27.6. The van der Waals surface area contributed by atoms with Crippen molar-refractivity contribution in [1.29, 1.82) is 0 Å². The summed E-state index contributed by atoms with van der Waals surface area (Å²) < 4.78 is 22.8. The van der Waals surface area contributed by atoms with E-state index in [1.54, 1.807) is 36.7 Å². The lowest BCUT2D eigenvalue weighted by Crippen LogP contribution is -2.41. The van der Waals surface area contributed by atoms with E-state index in [4.69, 9.17) is 75.2 Å². The zero-order valence-electron chi connectivity index (χ0n) is 48.9. The number of hydrogen-bond donors (Lipinski definition) is 2. The summed E-state index contributed by atoms with van der Waals surface area (Å²) in [6.45, 7) is 16.9. The van der Waals surface area contributed by atoms with Crippen molar-refractivity contribution in [2.24, 2.45) is 11.8 Å². The Bertz CT molecular complexity index is 4110. The maximum absolute atomic E-state index is 12.8. The van der Waals surface area contributed by atoms with E-state index in [1.165, 1.54) is 47.7 Å². The first-order chi connectivity index (χ1) is 41.0. The molecule has 1 aliphatic heterocycles. The summed E-state index contributed by atoms with van der Waals surface area (Å²) >= 11 is 31.1. The number of aromatic nitrogens is 4. The van der Waals surface area contributed by atoms with Crippen LogP contribution in [0.2, 0.25) is 20.1 Å². The van der Waals surface area contributed by atoms with E-state index in [1.807, 2.05) is 42.5 Å². The normalized spacial score (nSPS) is 13.3. The van der Waals surface area contributed by atoms with Crippen molar-refractivity contribution in [3.8, 4) is 33.6 Å². The molecule has 0 saturated carbocycles. The van der Waals surface area contributed by atoms with Gasteiger partial charge in [-0.3, -0.25) is 0 Å². The molecule has 0 radical (unpaired) electrons. The number of methoxy groups -OCH3 is 2. The molecule has 86 heavy (non-hydrogen) atoms. The number of esters is 2. The van der Waals surface area contributed by atoms with Gasteiger partial charge in [0.15, 0.2) is 10.3 Å². The Morgan fingerprint density at radius 3 is 1.47 bits per heavy atom. The molecule has 6 aromatic carbocycles. The molecule has 0 unspecified atom stereocenters. The molecule has 10 aromatic rings. The van der Waals surface area contributed by atoms with Gasteiger partial charge in [0.25, 0.3) is 0 Å². The molecule has 4 aromatic heterocycles. The Kier molecular flexibility index (Phi) is 20.7. The number of nitrogens with one attached hydrogen (secondary N) is 2. The van der Waals surface area contributed by atoms with Crippen LogP contribution in [0.15, 0.2) is 150 Å². The summed E-state index contributed by atoms with van der Waals surface area (Å²) in [7, 11) is 2.41. The molecule has 442 valence electrons. The number of benzene rings is 6. The van der Waals surface area contributed by atoms with E-state index in [2.05, 4.69) is 159 Å². The van der Waals surface area contributed by atoms with Crippen molar-refractivity contribution >= 4 is 153 Å². The topological polar surface area (TPSA) is 147 Å². The van der Waals surface area contributed by atoms with Crippen molar-refractivity contribution in [2.45, 2.75) is 79.4 Å². The van der Waals surface area contributed by atoms with Crippen LogP contribution >= 0.6 is 85.0 Å². The Morgan fingerprint density at radius 1 is 0.547 bits per heavy atom. The Hall–Kier alpha value is -6.44. The molecule has 20 heteroatoms. The molecule has 1 aliphatic rings. The van der Waals surface area contributed by atoms with Crippen LogP contribution in [0.3, 0.4) is 0 Å². The smallest absolute Gasteiger partial charge is 0.465 e. The molecule has 0 aliphatic carbocycles. The highest BCUT2D eigenvalue weighted by molar-refractivity contribution is 9.10. The number of carbonyl (C=O) groups is 2. The van der Waals surface area contributed by atoms with Gasteiger partial charge < -0.3 is 29.4 Å². The van der Waals surface area contributed by atoms with Gasteiger partial charge in [0.1, 0.15) is 22.8 Å². The van der Waals surface area contributed by atoms with Crippen LogP contribution in [0.1, 0.15) is 85.9 Å². The molecule has 1 fully saturated rings. The van der Waals surface area contributed by atoms with Gasteiger partial charge in [0.2, 0.25) is 0 Å². The van der Waals surface area contributed by atoms with E-state index < -0.39 is 11.9 Å². The third-order valence-electron chi connectivity index (χ3n) is 14.4. The van der Waals surface area contributed by atoms with Gasteiger partial charge >= 0.3 is 19.1 Å². The first-order valence-corrected chi connectivity index (χ1v) is 31.5. The highest BCUT2D eigenvalue weighted by atomic mass is 79.9. The molecular weight excluding hydrogens is 1270 g/mol. The van der Waals surface area contributed by atoms with Gasteiger partial charge in [-0.25, -0.2) is 29.5 Å². The molecule has 0 bridgehead atoms. The second kappa shape index (κ2) is 27.7. The van der Waals surface area contributed by atoms with Crippen LogP contribution < -0.4 is 16.1 Å². The third kappa shape index (κ3) is 15.3. The molecule has 1 saturated heterocycles. The van der Waals surface area contributed by atoms with E-state index in [-0.39, 0.29) is 18.3 Å². The van der Waals surface area contributed by atoms with E-state index in [9.17, 15) is 9.59 Å². The van der Waals surface area contributed by atoms with E-state index >= 15 is 0 Å². The van der Waals surface area contributed by atoms with E-state index in [0.717, 1.165) is 72.5 Å². The third-order valence-corrected chi connectivity index (χ3v) is 18.3. The SMILES string of the molecule is CC1(C)OB(c2ccc3ccccc3c2)OC1(C)C.COC(=O)c1cc(-c2ccc3ccccc3c2)cnc1Nc1nc(-c2ccc(Cl)c(Cl)c2)c(CC(C)C)s1.COC(=O)c1cc(Br)cnc1Nc1nc(-c2ccc(Cl)c(Cl)c2)c(CC(C)C)s1. The lowest BCUT2D eigenvalue weighted by atomic mass is 9.78. The van der Waals surface area contributed by atoms with Crippen molar-refractivity contribution < 1.29 is 28.4 Å². The van der Waals surface area contributed by atoms with Crippen molar-refractivity contribution in [3.63, 3.8) is 0 Å². The number of carbonyl (C=O) groups excluding carboxylic acids is 2. The number of ether oxygens (including phenoxy) is 2.